The Morgan fingerprint density at radius 2 is 2.12 bits per heavy atom. The van der Waals surface area contributed by atoms with Crippen molar-refractivity contribution in [2.75, 3.05) is 0 Å². The normalized spacial score (nSPS) is 12.8. The molecule has 1 atom stereocenters. The minimum atomic E-state index is -0.844. The standard InChI is InChI=1S/C10H9BrClN3O/c1-15-8(10(11)13-14-15)9(16)6-4-2-3-5-7(6)12/h2-5,9,16H,1H3. The summed E-state index contributed by atoms with van der Waals surface area (Å²) in [5, 5.41) is 18.4. The molecular formula is C10H9BrClN3O. The monoisotopic (exact) mass is 301 g/mol. The first-order valence-corrected chi connectivity index (χ1v) is 5.76. The molecule has 0 saturated carbocycles. The van der Waals surface area contributed by atoms with Gasteiger partial charge >= 0.3 is 0 Å². The van der Waals surface area contributed by atoms with Crippen LogP contribution in [0.15, 0.2) is 28.9 Å². The van der Waals surface area contributed by atoms with E-state index in [-0.39, 0.29) is 0 Å². The van der Waals surface area contributed by atoms with Gasteiger partial charge in [0.15, 0.2) is 4.60 Å². The van der Waals surface area contributed by atoms with E-state index < -0.39 is 6.10 Å². The van der Waals surface area contributed by atoms with Crippen molar-refractivity contribution in [1.82, 2.24) is 15.0 Å². The number of benzene rings is 1. The molecule has 2 aromatic rings. The molecule has 0 spiro atoms. The zero-order valence-corrected chi connectivity index (χ0v) is 10.8. The molecule has 1 aromatic heterocycles. The van der Waals surface area contributed by atoms with Crippen LogP contribution in [0.3, 0.4) is 0 Å². The molecule has 0 fully saturated rings. The Hall–Kier alpha value is -0.910. The largest absolute Gasteiger partial charge is 0.382 e. The number of rotatable bonds is 2. The lowest BCUT2D eigenvalue weighted by Crippen LogP contribution is -2.07. The quantitative estimate of drug-likeness (QED) is 0.926. The van der Waals surface area contributed by atoms with Crippen LogP contribution in [0.1, 0.15) is 17.4 Å². The van der Waals surface area contributed by atoms with E-state index in [2.05, 4.69) is 26.2 Å². The lowest BCUT2D eigenvalue weighted by Gasteiger charge is -2.12. The number of aliphatic hydroxyl groups is 1. The second kappa shape index (κ2) is 4.53. The summed E-state index contributed by atoms with van der Waals surface area (Å²) in [5.41, 5.74) is 1.21. The van der Waals surface area contributed by atoms with E-state index in [1.807, 2.05) is 12.1 Å². The predicted octanol–water partition coefficient (Wildman–Crippen LogP) is 2.31. The van der Waals surface area contributed by atoms with Crippen LogP contribution in [0.4, 0.5) is 0 Å². The van der Waals surface area contributed by atoms with Crippen molar-refractivity contribution in [3.05, 3.63) is 45.1 Å². The number of hydrogen-bond acceptors (Lipinski definition) is 3. The van der Waals surface area contributed by atoms with Crippen LogP contribution in [-0.2, 0) is 7.05 Å². The van der Waals surface area contributed by atoms with Crippen LogP contribution in [0, 0.1) is 0 Å². The van der Waals surface area contributed by atoms with Crippen LogP contribution < -0.4 is 0 Å². The summed E-state index contributed by atoms with van der Waals surface area (Å²) in [6.07, 6.45) is -0.844. The van der Waals surface area contributed by atoms with Gasteiger partial charge in [0, 0.05) is 17.6 Å². The molecule has 16 heavy (non-hydrogen) atoms. The van der Waals surface area contributed by atoms with Crippen LogP contribution in [0.5, 0.6) is 0 Å². The smallest absolute Gasteiger partial charge is 0.154 e. The predicted molar refractivity (Wildman–Crippen MR) is 64.2 cm³/mol. The molecule has 0 bridgehead atoms. The molecule has 1 heterocycles. The van der Waals surface area contributed by atoms with Crippen LogP contribution in [0.25, 0.3) is 0 Å². The minimum absolute atomic E-state index is 0.516. The van der Waals surface area contributed by atoms with Gasteiger partial charge in [-0.2, -0.15) is 0 Å². The highest BCUT2D eigenvalue weighted by Gasteiger charge is 2.21. The second-order valence-electron chi connectivity index (χ2n) is 3.31. The summed E-state index contributed by atoms with van der Waals surface area (Å²) in [5.74, 6) is 0. The molecule has 0 aliphatic rings. The summed E-state index contributed by atoms with van der Waals surface area (Å²) in [4.78, 5) is 0. The average Bonchev–Trinajstić information content (AvgIpc) is 2.58. The van der Waals surface area contributed by atoms with Gasteiger partial charge in [0.05, 0.1) is 0 Å². The summed E-state index contributed by atoms with van der Waals surface area (Å²) in [6, 6.07) is 7.14. The third-order valence-corrected chi connectivity index (χ3v) is 3.19. The zero-order valence-electron chi connectivity index (χ0n) is 8.43. The molecule has 0 saturated heterocycles. The molecule has 0 aliphatic carbocycles. The van der Waals surface area contributed by atoms with Crippen molar-refractivity contribution < 1.29 is 5.11 Å². The molecule has 1 N–H and O–H groups in total. The van der Waals surface area contributed by atoms with Crippen molar-refractivity contribution in [3.8, 4) is 0 Å². The molecule has 0 radical (unpaired) electrons. The number of nitrogens with zero attached hydrogens (tertiary/aromatic N) is 3. The van der Waals surface area contributed by atoms with Gasteiger partial charge in [0.25, 0.3) is 0 Å². The summed E-state index contributed by atoms with van der Waals surface area (Å²) in [7, 11) is 1.72. The number of aliphatic hydroxyl groups excluding tert-OH is 1. The van der Waals surface area contributed by atoms with E-state index in [1.165, 1.54) is 4.68 Å². The molecule has 0 aliphatic heterocycles. The fourth-order valence-electron chi connectivity index (χ4n) is 1.47. The second-order valence-corrected chi connectivity index (χ2v) is 4.47. The van der Waals surface area contributed by atoms with Gasteiger partial charge in [-0.25, -0.2) is 4.68 Å². The minimum Gasteiger partial charge on any atom is -0.382 e. The van der Waals surface area contributed by atoms with Gasteiger partial charge in [-0.3, -0.25) is 0 Å². The molecule has 0 amide bonds. The van der Waals surface area contributed by atoms with E-state index in [0.717, 1.165) is 0 Å². The highest BCUT2D eigenvalue weighted by molar-refractivity contribution is 9.10. The maximum atomic E-state index is 10.2. The first-order valence-electron chi connectivity index (χ1n) is 4.59. The molecule has 2 rings (SSSR count). The molecule has 4 nitrogen and oxygen atoms in total. The number of aryl methyl sites for hydroxylation is 1. The number of halogens is 2. The topological polar surface area (TPSA) is 50.9 Å². The van der Waals surface area contributed by atoms with Crippen molar-refractivity contribution in [2.45, 2.75) is 6.10 Å². The van der Waals surface area contributed by atoms with E-state index >= 15 is 0 Å². The van der Waals surface area contributed by atoms with Crippen molar-refractivity contribution in [1.29, 1.82) is 0 Å². The third kappa shape index (κ3) is 1.98. The number of hydrogen-bond donors (Lipinski definition) is 1. The molecule has 1 aromatic carbocycles. The highest BCUT2D eigenvalue weighted by Crippen LogP contribution is 2.30. The first kappa shape index (κ1) is 11.6. The number of aromatic nitrogens is 3. The van der Waals surface area contributed by atoms with E-state index in [4.69, 9.17) is 11.6 Å². The molecule has 6 heteroatoms. The van der Waals surface area contributed by atoms with Crippen molar-refractivity contribution >= 4 is 27.5 Å². The van der Waals surface area contributed by atoms with E-state index in [1.54, 1.807) is 19.2 Å². The molecule has 1 unspecified atom stereocenters. The highest BCUT2D eigenvalue weighted by atomic mass is 79.9. The van der Waals surface area contributed by atoms with Crippen LogP contribution >= 0.6 is 27.5 Å². The summed E-state index contributed by atoms with van der Waals surface area (Å²) < 4.78 is 2.03. The van der Waals surface area contributed by atoms with Gasteiger partial charge in [-0.05, 0) is 22.0 Å². The summed E-state index contributed by atoms with van der Waals surface area (Å²) >= 11 is 9.26. The Morgan fingerprint density at radius 1 is 1.44 bits per heavy atom. The van der Waals surface area contributed by atoms with E-state index in [0.29, 0.717) is 20.9 Å². The first-order chi connectivity index (χ1) is 7.61. The van der Waals surface area contributed by atoms with Gasteiger partial charge < -0.3 is 5.11 Å². The lowest BCUT2D eigenvalue weighted by molar-refractivity contribution is 0.209. The Bertz CT molecular complexity index is 495. The van der Waals surface area contributed by atoms with Crippen LogP contribution in [0.2, 0.25) is 5.02 Å². The van der Waals surface area contributed by atoms with Gasteiger partial charge in [0.2, 0.25) is 0 Å². The molecule has 84 valence electrons. The summed E-state index contributed by atoms with van der Waals surface area (Å²) in [6.45, 7) is 0. The van der Waals surface area contributed by atoms with Crippen molar-refractivity contribution in [3.63, 3.8) is 0 Å². The van der Waals surface area contributed by atoms with Crippen molar-refractivity contribution in [2.24, 2.45) is 7.05 Å². The Kier molecular flexibility index (Phi) is 3.28. The van der Waals surface area contributed by atoms with Gasteiger partial charge in [-0.15, -0.1) is 5.10 Å². The fraction of sp³-hybridized carbons (Fsp3) is 0.200. The van der Waals surface area contributed by atoms with Crippen LogP contribution in [-0.4, -0.2) is 20.1 Å². The van der Waals surface area contributed by atoms with Gasteiger partial charge in [0.1, 0.15) is 11.8 Å². The third-order valence-electron chi connectivity index (χ3n) is 2.29. The Labute approximate surface area is 106 Å². The van der Waals surface area contributed by atoms with E-state index in [9.17, 15) is 5.11 Å². The average molecular weight is 303 g/mol. The fourth-order valence-corrected chi connectivity index (χ4v) is 2.26. The lowest BCUT2D eigenvalue weighted by atomic mass is 10.1. The zero-order chi connectivity index (χ0) is 11.7. The Morgan fingerprint density at radius 3 is 2.69 bits per heavy atom. The van der Waals surface area contributed by atoms with Gasteiger partial charge in [-0.1, -0.05) is 35.0 Å². The maximum Gasteiger partial charge on any atom is 0.154 e. The molecular weight excluding hydrogens is 293 g/mol. The maximum absolute atomic E-state index is 10.2. The SMILES string of the molecule is Cn1nnc(Br)c1C(O)c1ccccc1Cl. The Balaban J connectivity index is 2.47.